The van der Waals surface area contributed by atoms with Crippen LogP contribution in [0.15, 0.2) is 34.9 Å². The van der Waals surface area contributed by atoms with E-state index < -0.39 is 21.7 Å². The number of nitrogens with one attached hydrogen (secondary N) is 1. The first-order chi connectivity index (χ1) is 13.3. The predicted octanol–water partition coefficient (Wildman–Crippen LogP) is 3.91. The number of fused-ring (bicyclic) bond motifs is 2. The Morgan fingerprint density at radius 1 is 1.36 bits per heavy atom. The second-order valence-electron chi connectivity index (χ2n) is 7.62. The molecule has 6 nitrogen and oxygen atoms in total. The van der Waals surface area contributed by atoms with Crippen LogP contribution in [-0.2, 0) is 28.6 Å². The van der Waals surface area contributed by atoms with Crippen molar-refractivity contribution in [3.05, 3.63) is 51.3 Å². The van der Waals surface area contributed by atoms with Crippen LogP contribution in [0, 0.1) is 11.8 Å². The highest BCUT2D eigenvalue weighted by Crippen LogP contribution is 2.35. The molecule has 1 amide bonds. The van der Waals surface area contributed by atoms with Crippen LogP contribution in [0.3, 0.4) is 0 Å². The normalized spacial score (nSPS) is 17.0. The maximum Gasteiger partial charge on any atom is 0.274 e. The fourth-order valence-corrected chi connectivity index (χ4v) is 5.88. The lowest BCUT2D eigenvalue weighted by Crippen LogP contribution is -2.31. The van der Waals surface area contributed by atoms with E-state index in [1.807, 2.05) is 6.07 Å². The van der Waals surface area contributed by atoms with Gasteiger partial charge in [0.1, 0.15) is 11.4 Å². The number of carbonyl (C=O) groups is 1. The average Bonchev–Trinajstić information content (AvgIpc) is 3.25. The Hall–Kier alpha value is -2.19. The molecule has 8 heteroatoms. The standard InChI is InChI=1S/C20H22N2O4S2/c1-12(2)13-7-8-18-14(9-13)10-19(27-18)20(23)22-28(24,25)11-16-15-5-3-4-6-17(15)26-21-16/h3-6,10,12-13H,7-9,11H2,1-2H3,(H,22,23). The predicted molar refractivity (Wildman–Crippen MR) is 109 cm³/mol. The summed E-state index contributed by atoms with van der Waals surface area (Å²) in [4.78, 5) is 14.2. The lowest BCUT2D eigenvalue weighted by atomic mass is 9.81. The first-order valence-electron chi connectivity index (χ1n) is 9.32. The van der Waals surface area contributed by atoms with Crippen molar-refractivity contribution in [3.63, 3.8) is 0 Å². The number of thiophene rings is 1. The number of para-hydroxylation sites is 1. The van der Waals surface area contributed by atoms with E-state index in [9.17, 15) is 13.2 Å². The summed E-state index contributed by atoms with van der Waals surface area (Å²) in [6, 6.07) is 8.89. The van der Waals surface area contributed by atoms with Crippen molar-refractivity contribution in [2.24, 2.45) is 11.8 Å². The van der Waals surface area contributed by atoms with Gasteiger partial charge in [-0.2, -0.15) is 0 Å². The Balaban J connectivity index is 1.49. The van der Waals surface area contributed by atoms with Gasteiger partial charge in [0.2, 0.25) is 10.0 Å². The molecule has 1 atom stereocenters. The van der Waals surface area contributed by atoms with Crippen LogP contribution in [0.4, 0.5) is 0 Å². The number of hydrogen-bond acceptors (Lipinski definition) is 6. The largest absolute Gasteiger partial charge is 0.356 e. The second-order valence-corrected chi connectivity index (χ2v) is 10.5. The van der Waals surface area contributed by atoms with Crippen molar-refractivity contribution >= 4 is 38.2 Å². The number of carbonyl (C=O) groups excluding carboxylic acids is 1. The molecule has 3 aromatic rings. The Morgan fingerprint density at radius 2 is 2.14 bits per heavy atom. The summed E-state index contributed by atoms with van der Waals surface area (Å²) in [6.07, 6.45) is 3.02. The highest BCUT2D eigenvalue weighted by atomic mass is 32.2. The summed E-state index contributed by atoms with van der Waals surface area (Å²) in [5, 5.41) is 4.47. The molecule has 0 radical (unpaired) electrons. The summed E-state index contributed by atoms with van der Waals surface area (Å²) < 4.78 is 32.3. The molecule has 0 saturated carbocycles. The van der Waals surface area contributed by atoms with Crippen molar-refractivity contribution in [2.45, 2.75) is 38.9 Å². The fraction of sp³-hybridized carbons (Fsp3) is 0.400. The third kappa shape index (κ3) is 3.84. The Kier molecular flexibility index (Phi) is 5.01. The van der Waals surface area contributed by atoms with Gasteiger partial charge in [-0.15, -0.1) is 11.3 Å². The van der Waals surface area contributed by atoms with Crippen molar-refractivity contribution in [2.75, 3.05) is 0 Å². The van der Waals surface area contributed by atoms with Gasteiger partial charge in [-0.1, -0.05) is 31.1 Å². The van der Waals surface area contributed by atoms with Crippen LogP contribution in [0.5, 0.6) is 0 Å². The average molecular weight is 419 g/mol. The van der Waals surface area contributed by atoms with Crippen molar-refractivity contribution in [1.82, 2.24) is 9.88 Å². The first kappa shape index (κ1) is 19.1. The number of hydrogen-bond donors (Lipinski definition) is 1. The minimum absolute atomic E-state index is 0.293. The quantitative estimate of drug-likeness (QED) is 0.678. The molecule has 28 heavy (non-hydrogen) atoms. The lowest BCUT2D eigenvalue weighted by Gasteiger charge is -2.25. The molecule has 2 aromatic heterocycles. The summed E-state index contributed by atoms with van der Waals surface area (Å²) in [6.45, 7) is 4.44. The van der Waals surface area contributed by atoms with Gasteiger partial charge >= 0.3 is 0 Å². The molecule has 148 valence electrons. The minimum atomic E-state index is -3.88. The van der Waals surface area contributed by atoms with Crippen molar-refractivity contribution in [3.8, 4) is 0 Å². The molecule has 1 aromatic carbocycles. The van der Waals surface area contributed by atoms with Gasteiger partial charge in [0.25, 0.3) is 5.91 Å². The van der Waals surface area contributed by atoms with Crippen LogP contribution >= 0.6 is 11.3 Å². The van der Waals surface area contributed by atoms with Gasteiger partial charge in [-0.3, -0.25) is 4.79 Å². The summed E-state index contributed by atoms with van der Waals surface area (Å²) >= 11 is 1.40. The molecule has 0 aliphatic heterocycles. The number of amides is 1. The zero-order valence-corrected chi connectivity index (χ0v) is 17.4. The highest BCUT2D eigenvalue weighted by Gasteiger charge is 2.26. The van der Waals surface area contributed by atoms with E-state index in [4.69, 9.17) is 4.52 Å². The second kappa shape index (κ2) is 7.33. The maximum absolute atomic E-state index is 12.6. The first-order valence-corrected chi connectivity index (χ1v) is 11.8. The maximum atomic E-state index is 12.6. The summed E-state index contributed by atoms with van der Waals surface area (Å²) in [5.74, 6) is 0.231. The van der Waals surface area contributed by atoms with E-state index in [1.165, 1.54) is 21.8 Å². The molecule has 0 spiro atoms. The SMILES string of the molecule is CC(C)C1CCc2sc(C(=O)NS(=O)(=O)Cc3noc4ccccc34)cc2C1. The van der Waals surface area contributed by atoms with E-state index in [1.54, 1.807) is 24.3 Å². The van der Waals surface area contributed by atoms with Crippen LogP contribution in [0.1, 0.15) is 46.1 Å². The van der Waals surface area contributed by atoms with Gasteiger partial charge in [-0.25, -0.2) is 13.1 Å². The molecule has 2 heterocycles. The van der Waals surface area contributed by atoms with Crippen LogP contribution in [-0.4, -0.2) is 19.5 Å². The van der Waals surface area contributed by atoms with E-state index in [0.29, 0.717) is 33.4 Å². The van der Waals surface area contributed by atoms with E-state index in [2.05, 4.69) is 23.7 Å². The Labute approximate surface area is 168 Å². The Morgan fingerprint density at radius 3 is 2.93 bits per heavy atom. The molecular formula is C20H22N2O4S2. The Bertz CT molecular complexity index is 1130. The molecule has 0 bridgehead atoms. The molecule has 1 aliphatic carbocycles. The van der Waals surface area contributed by atoms with Gasteiger partial charge in [0.05, 0.1) is 4.88 Å². The summed E-state index contributed by atoms with van der Waals surface area (Å²) in [7, 11) is -3.88. The molecule has 1 N–H and O–H groups in total. The van der Waals surface area contributed by atoms with Gasteiger partial charge in [0, 0.05) is 10.3 Å². The zero-order chi connectivity index (χ0) is 19.9. The van der Waals surface area contributed by atoms with Crippen LogP contribution < -0.4 is 4.72 Å². The number of benzene rings is 1. The third-order valence-electron chi connectivity index (χ3n) is 5.31. The molecule has 0 saturated heterocycles. The number of aryl methyl sites for hydroxylation is 1. The van der Waals surface area contributed by atoms with Crippen LogP contribution in [0.2, 0.25) is 0 Å². The number of sulfonamides is 1. The number of aromatic nitrogens is 1. The third-order valence-corrected chi connectivity index (χ3v) is 7.70. The van der Waals surface area contributed by atoms with E-state index in [-0.39, 0.29) is 0 Å². The minimum Gasteiger partial charge on any atom is -0.356 e. The molecule has 1 aliphatic rings. The fourth-order valence-electron chi connectivity index (χ4n) is 3.68. The summed E-state index contributed by atoms with van der Waals surface area (Å²) in [5.41, 5.74) is 1.99. The van der Waals surface area contributed by atoms with Gasteiger partial charge in [-0.05, 0) is 54.9 Å². The molecule has 4 rings (SSSR count). The van der Waals surface area contributed by atoms with Crippen LogP contribution in [0.25, 0.3) is 11.0 Å². The monoisotopic (exact) mass is 418 g/mol. The van der Waals surface area contributed by atoms with Crippen molar-refractivity contribution < 1.29 is 17.7 Å². The zero-order valence-electron chi connectivity index (χ0n) is 15.8. The van der Waals surface area contributed by atoms with E-state index in [0.717, 1.165) is 19.3 Å². The van der Waals surface area contributed by atoms with Crippen molar-refractivity contribution in [1.29, 1.82) is 0 Å². The molecule has 0 fully saturated rings. The van der Waals surface area contributed by atoms with Gasteiger partial charge in [0.15, 0.2) is 5.58 Å². The molecule has 1 unspecified atom stereocenters. The lowest BCUT2D eigenvalue weighted by molar-refractivity contribution is 0.0985. The number of rotatable bonds is 5. The topological polar surface area (TPSA) is 89.3 Å². The smallest absolute Gasteiger partial charge is 0.274 e. The van der Waals surface area contributed by atoms with Gasteiger partial charge < -0.3 is 4.52 Å². The number of nitrogens with zero attached hydrogens (tertiary/aromatic N) is 1. The molecular weight excluding hydrogens is 396 g/mol. The highest BCUT2D eigenvalue weighted by molar-refractivity contribution is 7.89. The van der Waals surface area contributed by atoms with E-state index >= 15 is 0 Å².